The second kappa shape index (κ2) is 9.21. The van der Waals surface area contributed by atoms with Gasteiger partial charge in [-0.3, -0.25) is 4.79 Å². The summed E-state index contributed by atoms with van der Waals surface area (Å²) in [4.78, 5) is 21.8. The lowest BCUT2D eigenvalue weighted by molar-refractivity contribution is -0.125. The summed E-state index contributed by atoms with van der Waals surface area (Å²) in [6, 6.07) is 0. The van der Waals surface area contributed by atoms with Crippen molar-refractivity contribution in [3.63, 3.8) is 0 Å². The minimum atomic E-state index is 0.0928. The highest BCUT2D eigenvalue weighted by Crippen LogP contribution is 2.28. The molecule has 19 heavy (non-hydrogen) atoms. The van der Waals surface area contributed by atoms with Crippen molar-refractivity contribution in [2.24, 2.45) is 11.8 Å². The van der Waals surface area contributed by atoms with Crippen molar-refractivity contribution >= 4 is 12.2 Å². The van der Waals surface area contributed by atoms with Crippen LogP contribution in [0.4, 0.5) is 0 Å². The van der Waals surface area contributed by atoms with E-state index in [2.05, 4.69) is 16.6 Å². The second-order valence-corrected chi connectivity index (χ2v) is 4.85. The molecule has 0 aliphatic heterocycles. The largest absolute Gasteiger partial charge is 0.391 e. The van der Waals surface area contributed by atoms with Crippen LogP contribution in [0.5, 0.6) is 0 Å². The summed E-state index contributed by atoms with van der Waals surface area (Å²) in [7, 11) is 0. The Labute approximate surface area is 115 Å². The van der Waals surface area contributed by atoms with E-state index >= 15 is 0 Å². The first-order chi connectivity index (χ1) is 9.27. The van der Waals surface area contributed by atoms with Gasteiger partial charge in [0.05, 0.1) is 6.54 Å². The topological polar surface area (TPSA) is 58.2 Å². The van der Waals surface area contributed by atoms with Gasteiger partial charge in [-0.05, 0) is 37.8 Å². The van der Waals surface area contributed by atoms with Gasteiger partial charge in [0.15, 0.2) is 0 Å². The minimum absolute atomic E-state index is 0.0928. The Morgan fingerprint density at radius 1 is 1.32 bits per heavy atom. The number of allylic oxidation sites excluding steroid dienone is 1. The smallest absolute Gasteiger partial charge is 0.223 e. The molecule has 0 heterocycles. The lowest BCUT2D eigenvalue weighted by Gasteiger charge is -2.27. The molecule has 4 heteroatoms. The monoisotopic (exact) mass is 262 g/mol. The number of hydrogen-bond donors (Lipinski definition) is 2. The number of amides is 1. The second-order valence-electron chi connectivity index (χ2n) is 4.85. The molecule has 1 rings (SSSR count). The van der Waals surface area contributed by atoms with E-state index in [-0.39, 0.29) is 11.8 Å². The Balaban J connectivity index is 2.16. The van der Waals surface area contributed by atoms with E-state index in [0.29, 0.717) is 18.9 Å². The molecule has 1 saturated carbocycles. The van der Waals surface area contributed by atoms with E-state index in [1.54, 1.807) is 0 Å². The highest BCUT2D eigenvalue weighted by atomic mass is 16.1. The Kier molecular flexibility index (Phi) is 7.41. The molecule has 0 saturated heterocycles. The van der Waals surface area contributed by atoms with Crippen molar-refractivity contribution in [2.45, 2.75) is 32.1 Å². The summed E-state index contributed by atoms with van der Waals surface area (Å²) in [6.45, 7) is 1.23. The van der Waals surface area contributed by atoms with Crippen LogP contribution in [0.1, 0.15) is 32.1 Å². The van der Waals surface area contributed by atoms with Gasteiger partial charge in [-0.1, -0.05) is 12.0 Å². The van der Waals surface area contributed by atoms with Crippen molar-refractivity contribution in [1.29, 1.82) is 0 Å². The summed E-state index contributed by atoms with van der Waals surface area (Å²) in [5.74, 6) is 3.24. The standard InChI is InChI=1S/C15H22N2O2/c1-2-9-17-15(19)14-7-5-13(6-8-14)12-16-10-3-4-11-18/h1,3,10-11,13-14,16H,4-9,12H2,(H,17,19)/b10-3-. The average molecular weight is 262 g/mol. The van der Waals surface area contributed by atoms with E-state index in [1.807, 2.05) is 12.3 Å². The van der Waals surface area contributed by atoms with Gasteiger partial charge in [0.1, 0.15) is 6.29 Å². The summed E-state index contributed by atoms with van der Waals surface area (Å²) in [5, 5.41) is 5.95. The van der Waals surface area contributed by atoms with Crippen LogP contribution in [-0.4, -0.2) is 25.3 Å². The van der Waals surface area contributed by atoms with Crippen LogP contribution in [0.15, 0.2) is 12.3 Å². The van der Waals surface area contributed by atoms with Crippen molar-refractivity contribution in [2.75, 3.05) is 13.1 Å². The molecule has 1 aliphatic carbocycles. The first-order valence-electron chi connectivity index (χ1n) is 6.81. The zero-order valence-corrected chi connectivity index (χ0v) is 11.2. The number of carbonyl (C=O) groups is 2. The number of hydrogen-bond acceptors (Lipinski definition) is 3. The molecule has 2 N–H and O–H groups in total. The van der Waals surface area contributed by atoms with Crippen LogP contribution >= 0.6 is 0 Å². The third kappa shape index (κ3) is 6.10. The zero-order chi connectivity index (χ0) is 13.9. The third-order valence-corrected chi connectivity index (χ3v) is 3.46. The maximum atomic E-state index is 11.7. The van der Waals surface area contributed by atoms with Crippen molar-refractivity contribution in [1.82, 2.24) is 10.6 Å². The predicted octanol–water partition coefficient (Wildman–Crippen LogP) is 1.23. The Bertz CT molecular complexity index is 350. The molecule has 1 amide bonds. The third-order valence-electron chi connectivity index (χ3n) is 3.46. The van der Waals surface area contributed by atoms with Gasteiger partial charge in [-0.15, -0.1) is 6.42 Å². The highest BCUT2D eigenvalue weighted by Gasteiger charge is 2.25. The lowest BCUT2D eigenvalue weighted by atomic mass is 9.81. The molecule has 1 aliphatic rings. The molecular weight excluding hydrogens is 240 g/mol. The van der Waals surface area contributed by atoms with E-state index in [4.69, 9.17) is 6.42 Å². The fourth-order valence-corrected chi connectivity index (χ4v) is 2.35. The van der Waals surface area contributed by atoms with Gasteiger partial charge in [0.2, 0.25) is 5.91 Å². The van der Waals surface area contributed by atoms with Crippen LogP contribution in [0, 0.1) is 24.2 Å². The Hall–Kier alpha value is -1.76. The summed E-state index contributed by atoms with van der Waals surface area (Å²) < 4.78 is 0. The Morgan fingerprint density at radius 3 is 2.68 bits per heavy atom. The summed E-state index contributed by atoms with van der Waals surface area (Å²) in [5.41, 5.74) is 0. The summed E-state index contributed by atoms with van der Waals surface area (Å²) >= 11 is 0. The normalized spacial score (nSPS) is 22.7. The number of rotatable bonds is 7. The average Bonchev–Trinajstić information content (AvgIpc) is 2.45. The predicted molar refractivity (Wildman–Crippen MR) is 75.1 cm³/mol. The maximum absolute atomic E-state index is 11.7. The van der Waals surface area contributed by atoms with Gasteiger partial charge in [-0.25, -0.2) is 0 Å². The number of terminal acetylenes is 1. The van der Waals surface area contributed by atoms with E-state index in [0.717, 1.165) is 38.5 Å². The Morgan fingerprint density at radius 2 is 2.05 bits per heavy atom. The fraction of sp³-hybridized carbons (Fsp3) is 0.600. The molecule has 104 valence electrons. The first-order valence-corrected chi connectivity index (χ1v) is 6.81. The molecule has 0 aromatic rings. The summed E-state index contributed by atoms with van der Waals surface area (Å²) in [6.07, 6.45) is 14.1. The van der Waals surface area contributed by atoms with Gasteiger partial charge >= 0.3 is 0 Å². The van der Waals surface area contributed by atoms with Gasteiger partial charge in [-0.2, -0.15) is 0 Å². The van der Waals surface area contributed by atoms with Crippen LogP contribution in [0.3, 0.4) is 0 Å². The number of nitrogens with one attached hydrogen (secondary N) is 2. The molecule has 0 aromatic carbocycles. The van der Waals surface area contributed by atoms with Crippen LogP contribution < -0.4 is 10.6 Å². The van der Waals surface area contributed by atoms with E-state index < -0.39 is 0 Å². The van der Waals surface area contributed by atoms with Crippen LogP contribution in [0.25, 0.3) is 0 Å². The van der Waals surface area contributed by atoms with Gasteiger partial charge in [0, 0.05) is 18.9 Å². The van der Waals surface area contributed by atoms with Crippen LogP contribution in [-0.2, 0) is 9.59 Å². The van der Waals surface area contributed by atoms with Crippen molar-refractivity contribution in [3.05, 3.63) is 12.3 Å². The van der Waals surface area contributed by atoms with Gasteiger partial charge < -0.3 is 15.4 Å². The molecule has 4 nitrogen and oxygen atoms in total. The molecule has 1 fully saturated rings. The molecule has 0 bridgehead atoms. The molecule has 0 unspecified atom stereocenters. The highest BCUT2D eigenvalue weighted by molar-refractivity contribution is 5.78. The van der Waals surface area contributed by atoms with Crippen LogP contribution in [0.2, 0.25) is 0 Å². The molecule has 0 aromatic heterocycles. The van der Waals surface area contributed by atoms with Crippen molar-refractivity contribution < 1.29 is 9.59 Å². The van der Waals surface area contributed by atoms with Crippen molar-refractivity contribution in [3.8, 4) is 12.3 Å². The molecule has 0 radical (unpaired) electrons. The van der Waals surface area contributed by atoms with E-state index in [1.165, 1.54) is 0 Å². The zero-order valence-electron chi connectivity index (χ0n) is 11.2. The van der Waals surface area contributed by atoms with E-state index in [9.17, 15) is 9.59 Å². The lowest BCUT2D eigenvalue weighted by Crippen LogP contribution is -2.34. The maximum Gasteiger partial charge on any atom is 0.223 e. The first kappa shape index (κ1) is 15.3. The minimum Gasteiger partial charge on any atom is -0.391 e. The van der Waals surface area contributed by atoms with Gasteiger partial charge in [0.25, 0.3) is 0 Å². The quantitative estimate of drug-likeness (QED) is 0.536. The SMILES string of the molecule is C#CCNC(=O)C1CCC(CN/C=C\CC=O)CC1. The number of aldehydes is 1. The fourth-order valence-electron chi connectivity index (χ4n) is 2.35. The molecule has 0 spiro atoms. The molecule has 0 atom stereocenters. The number of carbonyl (C=O) groups excluding carboxylic acids is 2. The molecular formula is C15H22N2O2.